The van der Waals surface area contributed by atoms with Gasteiger partial charge in [-0.05, 0) is 18.4 Å². The fourth-order valence-electron chi connectivity index (χ4n) is 1.88. The first-order chi connectivity index (χ1) is 11.8. The molecule has 0 saturated carbocycles. The number of carbonyl (C=O) groups is 1. The van der Waals surface area contributed by atoms with E-state index in [9.17, 15) is 23.2 Å². The minimum absolute atomic E-state index is 0.0774. The molecule has 25 heavy (non-hydrogen) atoms. The second-order valence-corrected chi connectivity index (χ2v) is 6.42. The molecule has 0 bridgehead atoms. The van der Waals surface area contributed by atoms with Crippen LogP contribution in [0, 0.1) is 11.3 Å². The van der Waals surface area contributed by atoms with Gasteiger partial charge in [0.15, 0.2) is 5.16 Å². The Labute approximate surface area is 149 Å². The van der Waals surface area contributed by atoms with E-state index in [0.717, 1.165) is 23.9 Å². The molecule has 0 atom stereocenters. The molecule has 0 aliphatic carbocycles. The van der Waals surface area contributed by atoms with Gasteiger partial charge in [0.25, 0.3) is 0 Å². The Morgan fingerprint density at radius 1 is 1.28 bits per heavy atom. The SMILES string of the molecule is CSc1nc(SCC(N)=O)c(C#N)c(-c2ccc(C(F)(F)F)cc2)n1. The molecule has 5 nitrogen and oxygen atoms in total. The van der Waals surface area contributed by atoms with Gasteiger partial charge in [-0.15, -0.1) is 0 Å². The van der Waals surface area contributed by atoms with Crippen LogP contribution in [-0.2, 0) is 11.0 Å². The number of halogens is 3. The van der Waals surface area contributed by atoms with Crippen LogP contribution >= 0.6 is 23.5 Å². The monoisotopic (exact) mass is 384 g/mol. The Morgan fingerprint density at radius 3 is 2.40 bits per heavy atom. The maximum atomic E-state index is 12.7. The molecule has 0 saturated heterocycles. The summed E-state index contributed by atoms with van der Waals surface area (Å²) in [6.45, 7) is 0. The second kappa shape index (κ2) is 7.76. The third kappa shape index (κ3) is 4.64. The van der Waals surface area contributed by atoms with Gasteiger partial charge in [-0.25, -0.2) is 9.97 Å². The first-order valence-corrected chi connectivity index (χ1v) is 8.92. The number of nitriles is 1. The Bertz CT molecular complexity index is 832. The number of benzene rings is 1. The summed E-state index contributed by atoms with van der Waals surface area (Å²) in [7, 11) is 0. The lowest BCUT2D eigenvalue weighted by molar-refractivity contribution is -0.137. The molecule has 1 heterocycles. The molecule has 0 unspecified atom stereocenters. The lowest BCUT2D eigenvalue weighted by Crippen LogP contribution is -2.13. The number of alkyl halides is 3. The minimum Gasteiger partial charge on any atom is -0.369 e. The van der Waals surface area contributed by atoms with Crippen molar-refractivity contribution in [2.24, 2.45) is 5.73 Å². The second-order valence-electron chi connectivity index (χ2n) is 4.68. The van der Waals surface area contributed by atoms with E-state index in [0.29, 0.717) is 10.7 Å². The number of amides is 1. The summed E-state index contributed by atoms with van der Waals surface area (Å²) in [5, 5.41) is 10.0. The van der Waals surface area contributed by atoms with Gasteiger partial charge >= 0.3 is 6.18 Å². The standard InChI is InChI=1S/C15H11F3N4OS2/c1-24-14-21-12(8-2-4-9(5-3-8)15(16,17)18)10(6-19)13(22-14)25-7-11(20)23/h2-5H,7H2,1H3,(H2,20,23). The van der Waals surface area contributed by atoms with Gasteiger partial charge in [0.1, 0.15) is 16.7 Å². The molecule has 2 aromatic rings. The van der Waals surface area contributed by atoms with E-state index >= 15 is 0 Å². The predicted octanol–water partition coefficient (Wildman–Crippen LogP) is 3.33. The molecular formula is C15H11F3N4OS2. The van der Waals surface area contributed by atoms with Gasteiger partial charge in [-0.1, -0.05) is 35.7 Å². The molecule has 2 rings (SSSR count). The molecule has 0 radical (unpaired) electrons. The van der Waals surface area contributed by atoms with Crippen LogP contribution in [0.5, 0.6) is 0 Å². The van der Waals surface area contributed by atoms with Crippen LogP contribution in [0.25, 0.3) is 11.3 Å². The normalized spacial score (nSPS) is 11.2. The lowest BCUT2D eigenvalue weighted by atomic mass is 10.1. The first kappa shape index (κ1) is 19.1. The van der Waals surface area contributed by atoms with Crippen molar-refractivity contribution in [3.05, 3.63) is 35.4 Å². The maximum Gasteiger partial charge on any atom is 0.416 e. The summed E-state index contributed by atoms with van der Waals surface area (Å²) in [6.07, 6.45) is -2.73. The Balaban J connectivity index is 2.54. The van der Waals surface area contributed by atoms with Crippen molar-refractivity contribution in [3.63, 3.8) is 0 Å². The number of nitrogens with two attached hydrogens (primary N) is 1. The lowest BCUT2D eigenvalue weighted by Gasteiger charge is -2.11. The van der Waals surface area contributed by atoms with Crippen molar-refractivity contribution < 1.29 is 18.0 Å². The third-order valence-electron chi connectivity index (χ3n) is 2.99. The predicted molar refractivity (Wildman–Crippen MR) is 88.9 cm³/mol. The number of rotatable bonds is 5. The maximum absolute atomic E-state index is 12.7. The molecule has 0 spiro atoms. The molecule has 0 aliphatic rings. The highest BCUT2D eigenvalue weighted by molar-refractivity contribution is 8.00. The zero-order valence-corrected chi connectivity index (χ0v) is 14.4. The summed E-state index contributed by atoms with van der Waals surface area (Å²) in [4.78, 5) is 19.4. The molecular weight excluding hydrogens is 373 g/mol. The number of nitrogens with zero attached hydrogens (tertiary/aromatic N) is 3. The largest absolute Gasteiger partial charge is 0.416 e. The summed E-state index contributed by atoms with van der Waals surface area (Å²) in [5.41, 5.74) is 4.96. The number of aromatic nitrogens is 2. The summed E-state index contributed by atoms with van der Waals surface area (Å²) < 4.78 is 38.1. The van der Waals surface area contributed by atoms with Crippen LogP contribution in [0.1, 0.15) is 11.1 Å². The zero-order valence-electron chi connectivity index (χ0n) is 12.8. The van der Waals surface area contributed by atoms with Crippen LogP contribution in [0.2, 0.25) is 0 Å². The van der Waals surface area contributed by atoms with Crippen molar-refractivity contribution >= 4 is 29.4 Å². The zero-order chi connectivity index (χ0) is 18.6. The quantitative estimate of drug-likeness (QED) is 0.483. The molecule has 1 amide bonds. The van der Waals surface area contributed by atoms with E-state index in [2.05, 4.69) is 9.97 Å². The van der Waals surface area contributed by atoms with Crippen LogP contribution < -0.4 is 5.73 Å². The molecule has 2 N–H and O–H groups in total. The number of carbonyl (C=O) groups excluding carboxylic acids is 1. The molecule has 0 aliphatic heterocycles. The van der Waals surface area contributed by atoms with Crippen LogP contribution in [-0.4, -0.2) is 27.9 Å². The van der Waals surface area contributed by atoms with Crippen molar-refractivity contribution in [2.75, 3.05) is 12.0 Å². The van der Waals surface area contributed by atoms with Crippen LogP contribution in [0.3, 0.4) is 0 Å². The van der Waals surface area contributed by atoms with Gasteiger partial charge in [0.05, 0.1) is 17.0 Å². The highest BCUT2D eigenvalue weighted by Crippen LogP contribution is 2.33. The third-order valence-corrected chi connectivity index (χ3v) is 4.53. The number of hydrogen-bond donors (Lipinski definition) is 1. The smallest absolute Gasteiger partial charge is 0.369 e. The molecule has 130 valence electrons. The number of hydrogen-bond acceptors (Lipinski definition) is 6. The number of thioether (sulfide) groups is 2. The minimum atomic E-state index is -4.45. The van der Waals surface area contributed by atoms with Crippen molar-refractivity contribution in [3.8, 4) is 17.3 Å². The Morgan fingerprint density at radius 2 is 1.92 bits per heavy atom. The Hall–Kier alpha value is -2.25. The summed E-state index contributed by atoms with van der Waals surface area (Å²) in [5.74, 6) is -0.652. The van der Waals surface area contributed by atoms with Gasteiger partial charge in [-0.2, -0.15) is 18.4 Å². The first-order valence-electron chi connectivity index (χ1n) is 6.71. The molecule has 1 aromatic carbocycles. The van der Waals surface area contributed by atoms with E-state index in [1.807, 2.05) is 6.07 Å². The van der Waals surface area contributed by atoms with E-state index in [1.165, 1.54) is 23.9 Å². The van der Waals surface area contributed by atoms with Gasteiger partial charge < -0.3 is 5.73 Å². The fraction of sp³-hybridized carbons (Fsp3) is 0.200. The highest BCUT2D eigenvalue weighted by Gasteiger charge is 2.30. The summed E-state index contributed by atoms with van der Waals surface area (Å²) >= 11 is 2.20. The van der Waals surface area contributed by atoms with Crippen molar-refractivity contribution in [1.29, 1.82) is 5.26 Å². The fourth-order valence-corrected chi connectivity index (χ4v) is 3.02. The highest BCUT2D eigenvalue weighted by atomic mass is 32.2. The van der Waals surface area contributed by atoms with Crippen molar-refractivity contribution in [2.45, 2.75) is 16.4 Å². The van der Waals surface area contributed by atoms with E-state index in [1.54, 1.807) is 6.26 Å². The van der Waals surface area contributed by atoms with Gasteiger partial charge in [0, 0.05) is 5.56 Å². The van der Waals surface area contributed by atoms with Crippen LogP contribution in [0.15, 0.2) is 34.4 Å². The average molecular weight is 384 g/mol. The van der Waals surface area contributed by atoms with E-state index in [-0.39, 0.29) is 22.0 Å². The molecule has 0 fully saturated rings. The number of primary amides is 1. The van der Waals surface area contributed by atoms with E-state index < -0.39 is 17.6 Å². The Kier molecular flexibility index (Phi) is 5.92. The van der Waals surface area contributed by atoms with Gasteiger partial charge in [0.2, 0.25) is 5.91 Å². The van der Waals surface area contributed by atoms with Gasteiger partial charge in [-0.3, -0.25) is 4.79 Å². The summed E-state index contributed by atoms with van der Waals surface area (Å²) in [6, 6.07) is 6.30. The average Bonchev–Trinajstić information content (AvgIpc) is 2.58. The van der Waals surface area contributed by atoms with Crippen LogP contribution in [0.4, 0.5) is 13.2 Å². The topological polar surface area (TPSA) is 92.7 Å². The molecule has 1 aromatic heterocycles. The van der Waals surface area contributed by atoms with Crippen molar-refractivity contribution in [1.82, 2.24) is 9.97 Å². The van der Waals surface area contributed by atoms with E-state index in [4.69, 9.17) is 5.73 Å². The molecule has 10 heteroatoms.